The Morgan fingerprint density at radius 3 is 2.71 bits per heavy atom. The SMILES string of the molecule is O=C(CC(NC(=O)Nc1ccc2cc[nH]c2c1)c1ccc2c(c1)N(Cc1ccccc1)CCS2)Nc1cccnc1. The van der Waals surface area contributed by atoms with Gasteiger partial charge in [-0.2, -0.15) is 0 Å². The van der Waals surface area contributed by atoms with Crippen LogP contribution in [0, 0.1) is 0 Å². The van der Waals surface area contributed by atoms with Crippen LogP contribution in [-0.2, 0) is 11.3 Å². The number of pyridine rings is 1. The van der Waals surface area contributed by atoms with Crippen LogP contribution in [0.2, 0.25) is 0 Å². The van der Waals surface area contributed by atoms with E-state index in [1.807, 2.05) is 54.4 Å². The van der Waals surface area contributed by atoms with Gasteiger partial charge in [0.2, 0.25) is 5.91 Å². The Morgan fingerprint density at radius 1 is 0.951 bits per heavy atom. The van der Waals surface area contributed by atoms with Crippen molar-refractivity contribution in [2.24, 2.45) is 0 Å². The number of thioether (sulfide) groups is 1. The average molecular weight is 563 g/mol. The summed E-state index contributed by atoms with van der Waals surface area (Å²) in [4.78, 5) is 37.1. The number of anilines is 3. The molecular formula is C32H30N6O2S. The molecule has 5 aromatic rings. The van der Waals surface area contributed by atoms with Gasteiger partial charge in [-0.15, -0.1) is 11.8 Å². The molecule has 0 radical (unpaired) electrons. The van der Waals surface area contributed by atoms with Crippen LogP contribution in [0.1, 0.15) is 23.6 Å². The Morgan fingerprint density at radius 2 is 1.85 bits per heavy atom. The number of hydrogen-bond acceptors (Lipinski definition) is 5. The predicted octanol–water partition coefficient (Wildman–Crippen LogP) is 6.57. The molecule has 8 nitrogen and oxygen atoms in total. The van der Waals surface area contributed by atoms with E-state index in [-0.39, 0.29) is 18.4 Å². The van der Waals surface area contributed by atoms with Gasteiger partial charge < -0.3 is 25.8 Å². The minimum atomic E-state index is -0.559. The molecule has 1 aliphatic heterocycles. The summed E-state index contributed by atoms with van der Waals surface area (Å²) in [6.45, 7) is 1.70. The quantitative estimate of drug-likeness (QED) is 0.171. The monoisotopic (exact) mass is 562 g/mol. The third kappa shape index (κ3) is 6.53. The lowest BCUT2D eigenvalue weighted by Crippen LogP contribution is -2.35. The number of rotatable bonds is 8. The van der Waals surface area contributed by atoms with E-state index in [1.54, 1.807) is 24.5 Å². The number of H-pyrrole nitrogens is 1. The Hall–Kier alpha value is -4.76. The standard InChI is InChI=1S/C32H30N6O2S/c39-31(35-26-7-4-13-33-20-26)19-28(37-32(40)36-25-10-8-23-12-14-34-27(23)18-25)24-9-11-30-29(17-24)38(15-16-41-30)21-22-5-2-1-3-6-22/h1-14,17-18,20,28,34H,15-16,19,21H2,(H,35,39)(H2,36,37,40). The second-order valence-electron chi connectivity index (χ2n) is 9.91. The van der Waals surface area contributed by atoms with Crippen molar-refractivity contribution in [1.82, 2.24) is 15.3 Å². The molecular weight excluding hydrogens is 532 g/mol. The van der Waals surface area contributed by atoms with E-state index >= 15 is 0 Å². The summed E-state index contributed by atoms with van der Waals surface area (Å²) in [5.74, 6) is 0.784. The number of nitrogens with one attached hydrogen (secondary N) is 4. The van der Waals surface area contributed by atoms with E-state index in [4.69, 9.17) is 0 Å². The molecule has 0 saturated heterocycles. The molecule has 6 rings (SSSR count). The predicted molar refractivity (Wildman–Crippen MR) is 165 cm³/mol. The Bertz CT molecular complexity index is 1660. The van der Waals surface area contributed by atoms with Gasteiger partial charge in [0, 0.05) is 47.3 Å². The van der Waals surface area contributed by atoms with Crippen LogP contribution in [0.5, 0.6) is 0 Å². The maximum Gasteiger partial charge on any atom is 0.319 e. The van der Waals surface area contributed by atoms with Crippen molar-refractivity contribution in [2.45, 2.75) is 23.9 Å². The molecule has 206 valence electrons. The lowest BCUT2D eigenvalue weighted by molar-refractivity contribution is -0.116. The van der Waals surface area contributed by atoms with Crippen LogP contribution in [0.25, 0.3) is 10.9 Å². The van der Waals surface area contributed by atoms with E-state index in [1.165, 1.54) is 10.5 Å². The molecule has 4 N–H and O–H groups in total. The van der Waals surface area contributed by atoms with Gasteiger partial charge in [0.15, 0.2) is 0 Å². The zero-order valence-corrected chi connectivity index (χ0v) is 23.2. The number of aromatic nitrogens is 2. The van der Waals surface area contributed by atoms with Crippen LogP contribution < -0.4 is 20.9 Å². The summed E-state index contributed by atoms with van der Waals surface area (Å²) >= 11 is 1.83. The minimum absolute atomic E-state index is 0.0581. The van der Waals surface area contributed by atoms with Crippen molar-refractivity contribution in [3.63, 3.8) is 0 Å². The van der Waals surface area contributed by atoms with E-state index in [0.29, 0.717) is 11.4 Å². The minimum Gasteiger partial charge on any atom is -0.365 e. The van der Waals surface area contributed by atoms with Gasteiger partial charge in [-0.3, -0.25) is 9.78 Å². The van der Waals surface area contributed by atoms with E-state index < -0.39 is 6.04 Å². The number of aromatic amines is 1. The lowest BCUT2D eigenvalue weighted by atomic mass is 10.0. The van der Waals surface area contributed by atoms with Gasteiger partial charge in [0.25, 0.3) is 0 Å². The number of amides is 3. The third-order valence-corrected chi connectivity index (χ3v) is 8.06. The van der Waals surface area contributed by atoms with E-state index in [0.717, 1.165) is 41.0 Å². The molecule has 3 aromatic carbocycles. The fourth-order valence-electron chi connectivity index (χ4n) is 5.01. The molecule has 1 unspecified atom stereocenters. The van der Waals surface area contributed by atoms with Gasteiger partial charge in [-0.1, -0.05) is 42.5 Å². The van der Waals surface area contributed by atoms with E-state index in [2.05, 4.69) is 67.2 Å². The van der Waals surface area contributed by atoms with Gasteiger partial charge in [0.1, 0.15) is 0 Å². The van der Waals surface area contributed by atoms with Crippen LogP contribution in [0.3, 0.4) is 0 Å². The van der Waals surface area contributed by atoms with Crippen molar-refractivity contribution < 1.29 is 9.59 Å². The fourth-order valence-corrected chi connectivity index (χ4v) is 6.04. The van der Waals surface area contributed by atoms with Gasteiger partial charge in [-0.25, -0.2) is 4.79 Å². The van der Waals surface area contributed by atoms with Crippen molar-refractivity contribution in [2.75, 3.05) is 27.8 Å². The molecule has 3 heterocycles. The normalized spacial score (nSPS) is 13.3. The zero-order chi connectivity index (χ0) is 28.0. The molecule has 0 saturated carbocycles. The topological polar surface area (TPSA) is 102 Å². The van der Waals surface area contributed by atoms with Crippen LogP contribution in [0.15, 0.2) is 108 Å². The van der Waals surface area contributed by atoms with Crippen molar-refractivity contribution in [1.29, 1.82) is 0 Å². The summed E-state index contributed by atoms with van der Waals surface area (Å²) in [6.07, 6.45) is 5.17. The first kappa shape index (κ1) is 26.5. The maximum atomic E-state index is 13.2. The number of fused-ring (bicyclic) bond motifs is 2. The first-order valence-electron chi connectivity index (χ1n) is 13.5. The smallest absolute Gasteiger partial charge is 0.319 e. The molecule has 0 bridgehead atoms. The highest BCUT2D eigenvalue weighted by molar-refractivity contribution is 7.99. The van der Waals surface area contributed by atoms with Crippen molar-refractivity contribution in [3.8, 4) is 0 Å². The maximum absolute atomic E-state index is 13.2. The Kier molecular flexibility index (Phi) is 7.86. The highest BCUT2D eigenvalue weighted by atomic mass is 32.2. The molecule has 0 fully saturated rings. The molecule has 2 aromatic heterocycles. The first-order valence-corrected chi connectivity index (χ1v) is 14.5. The molecule has 1 atom stereocenters. The second-order valence-corrected chi connectivity index (χ2v) is 11.0. The van der Waals surface area contributed by atoms with Crippen molar-refractivity contribution >= 4 is 51.7 Å². The summed E-state index contributed by atoms with van der Waals surface area (Å²) < 4.78 is 0. The fraction of sp³-hybridized carbons (Fsp3) is 0.156. The van der Waals surface area contributed by atoms with Crippen LogP contribution in [0.4, 0.5) is 21.9 Å². The summed E-state index contributed by atoms with van der Waals surface area (Å²) in [6, 6.07) is 26.9. The zero-order valence-electron chi connectivity index (χ0n) is 22.3. The molecule has 0 aliphatic carbocycles. The van der Waals surface area contributed by atoms with Gasteiger partial charge in [0.05, 0.1) is 30.0 Å². The van der Waals surface area contributed by atoms with Crippen LogP contribution in [-0.4, -0.2) is 34.2 Å². The van der Waals surface area contributed by atoms with Crippen molar-refractivity contribution in [3.05, 3.63) is 115 Å². The lowest BCUT2D eigenvalue weighted by Gasteiger charge is -2.32. The Balaban J connectivity index is 1.25. The number of carbonyl (C=O) groups is 2. The summed E-state index contributed by atoms with van der Waals surface area (Å²) in [5, 5.41) is 9.93. The average Bonchev–Trinajstić information content (AvgIpc) is 3.46. The molecule has 3 amide bonds. The van der Waals surface area contributed by atoms with Gasteiger partial charge >= 0.3 is 6.03 Å². The first-order chi connectivity index (χ1) is 20.1. The van der Waals surface area contributed by atoms with Gasteiger partial charge in [-0.05, 0) is 59.0 Å². The molecule has 1 aliphatic rings. The third-order valence-electron chi connectivity index (χ3n) is 7.01. The molecule has 9 heteroatoms. The second kappa shape index (κ2) is 12.2. The molecule has 0 spiro atoms. The number of nitrogens with zero attached hydrogens (tertiary/aromatic N) is 2. The largest absolute Gasteiger partial charge is 0.365 e. The van der Waals surface area contributed by atoms with E-state index in [9.17, 15) is 9.59 Å². The summed E-state index contributed by atoms with van der Waals surface area (Å²) in [5.41, 5.74) is 5.41. The number of urea groups is 1. The Labute approximate surface area is 242 Å². The van der Waals surface area contributed by atoms with Crippen LogP contribution >= 0.6 is 11.8 Å². The number of hydrogen-bond donors (Lipinski definition) is 4. The molecule has 41 heavy (non-hydrogen) atoms. The summed E-state index contributed by atoms with van der Waals surface area (Å²) in [7, 11) is 0. The number of benzene rings is 3. The highest BCUT2D eigenvalue weighted by Gasteiger charge is 2.24. The number of carbonyl (C=O) groups excluding carboxylic acids is 2. The highest BCUT2D eigenvalue weighted by Crippen LogP contribution is 2.38.